The molecule has 0 radical (unpaired) electrons. The van der Waals surface area contributed by atoms with E-state index < -0.39 is 0 Å². The summed E-state index contributed by atoms with van der Waals surface area (Å²) in [5.41, 5.74) is 0. The number of hydrogen-bond acceptors (Lipinski definition) is 0. The number of unbranched alkanes of at least 4 members (excludes halogenated alkanes) is 1. The van der Waals surface area contributed by atoms with Crippen molar-refractivity contribution in [1.29, 1.82) is 0 Å². The summed E-state index contributed by atoms with van der Waals surface area (Å²) in [4.78, 5) is 0. The molecule has 0 rings (SSSR count). The Morgan fingerprint density at radius 3 is 2.18 bits per heavy atom. The topological polar surface area (TPSA) is 0 Å². The van der Waals surface area contributed by atoms with Crippen molar-refractivity contribution in [3.8, 4) is 0 Å². The third-order valence-corrected chi connectivity index (χ3v) is 2.17. The zero-order chi connectivity index (χ0) is 8.69. The molecule has 0 aromatic heterocycles. The minimum atomic E-state index is 0.793. The minimum absolute atomic E-state index is 0.793. The Kier molecular flexibility index (Phi) is 6.30. The van der Waals surface area contributed by atoms with Gasteiger partial charge in [-0.1, -0.05) is 46.3 Å². The van der Waals surface area contributed by atoms with E-state index in [1.54, 1.807) is 0 Å². The summed E-state index contributed by atoms with van der Waals surface area (Å²) < 4.78 is 0. The highest BCUT2D eigenvalue weighted by Gasteiger charge is 2.05. The molecule has 11 heavy (non-hydrogen) atoms. The number of allylic oxidation sites excluding steroid dienone is 2. The zero-order valence-electron chi connectivity index (χ0n) is 8.43. The Labute approximate surface area is 71.7 Å². The van der Waals surface area contributed by atoms with E-state index in [9.17, 15) is 0 Å². The molecule has 0 amide bonds. The first-order valence-electron chi connectivity index (χ1n) is 4.89. The molecular weight excluding hydrogens is 132 g/mol. The molecule has 0 bridgehead atoms. The van der Waals surface area contributed by atoms with Gasteiger partial charge in [0.05, 0.1) is 0 Å². The van der Waals surface area contributed by atoms with Gasteiger partial charge in [0.15, 0.2) is 0 Å². The molecule has 1 unspecified atom stereocenters. The largest absolute Gasteiger partial charge is 0.0883 e. The molecule has 0 nitrogen and oxygen atoms in total. The van der Waals surface area contributed by atoms with Crippen LogP contribution in [0.4, 0.5) is 0 Å². The van der Waals surface area contributed by atoms with E-state index in [1.165, 1.54) is 19.3 Å². The van der Waals surface area contributed by atoms with Crippen LogP contribution in [0.5, 0.6) is 0 Å². The fourth-order valence-electron chi connectivity index (χ4n) is 1.27. The maximum atomic E-state index is 2.38. The lowest BCUT2D eigenvalue weighted by atomic mass is 9.93. The Balaban J connectivity index is 3.67. The summed E-state index contributed by atoms with van der Waals surface area (Å²) >= 11 is 0. The van der Waals surface area contributed by atoms with Gasteiger partial charge in [-0.15, -0.1) is 0 Å². The van der Waals surface area contributed by atoms with Crippen LogP contribution in [-0.2, 0) is 0 Å². The maximum absolute atomic E-state index is 2.38. The van der Waals surface area contributed by atoms with Gasteiger partial charge in [0.25, 0.3) is 0 Å². The molecule has 0 N–H and O–H groups in total. The SMILES string of the molecule is CCCC=CC(CC)C(C)C. The third kappa shape index (κ3) is 5.06. The van der Waals surface area contributed by atoms with Gasteiger partial charge < -0.3 is 0 Å². The smallest absolute Gasteiger partial charge is 0.0213 e. The molecule has 0 heterocycles. The third-order valence-electron chi connectivity index (χ3n) is 2.17. The van der Waals surface area contributed by atoms with Gasteiger partial charge in [-0.3, -0.25) is 0 Å². The van der Waals surface area contributed by atoms with Crippen LogP contribution in [0.2, 0.25) is 0 Å². The zero-order valence-corrected chi connectivity index (χ0v) is 8.43. The fraction of sp³-hybridized carbons (Fsp3) is 0.818. The van der Waals surface area contributed by atoms with Crippen molar-refractivity contribution in [3.63, 3.8) is 0 Å². The summed E-state index contributed by atoms with van der Waals surface area (Å²) in [6.07, 6.45) is 8.49. The van der Waals surface area contributed by atoms with Crippen molar-refractivity contribution in [1.82, 2.24) is 0 Å². The van der Waals surface area contributed by atoms with Crippen LogP contribution in [0.15, 0.2) is 12.2 Å². The van der Waals surface area contributed by atoms with Crippen molar-refractivity contribution >= 4 is 0 Å². The summed E-state index contributed by atoms with van der Waals surface area (Å²) in [6.45, 7) is 9.08. The fourth-order valence-corrected chi connectivity index (χ4v) is 1.27. The van der Waals surface area contributed by atoms with E-state index >= 15 is 0 Å². The Hall–Kier alpha value is -0.260. The second kappa shape index (κ2) is 6.45. The quantitative estimate of drug-likeness (QED) is 0.524. The van der Waals surface area contributed by atoms with Crippen LogP contribution < -0.4 is 0 Å². The number of rotatable bonds is 5. The van der Waals surface area contributed by atoms with Crippen LogP contribution in [-0.4, -0.2) is 0 Å². The molecule has 1 atom stereocenters. The van der Waals surface area contributed by atoms with Gasteiger partial charge in [-0.25, -0.2) is 0 Å². The standard InChI is InChI=1S/C11H22/c1-5-7-8-9-11(6-2)10(3)4/h8-11H,5-7H2,1-4H3. The van der Waals surface area contributed by atoms with Gasteiger partial charge in [-0.2, -0.15) is 0 Å². The molecule has 0 spiro atoms. The molecule has 0 aromatic rings. The second-order valence-corrected chi connectivity index (χ2v) is 3.53. The van der Waals surface area contributed by atoms with Gasteiger partial charge >= 0.3 is 0 Å². The predicted octanol–water partition coefficient (Wildman–Crippen LogP) is 4.02. The highest BCUT2D eigenvalue weighted by atomic mass is 14.1. The molecule has 0 aliphatic carbocycles. The Bertz CT molecular complexity index is 101. The molecular formula is C11H22. The first-order chi connectivity index (χ1) is 5.22. The second-order valence-electron chi connectivity index (χ2n) is 3.53. The Morgan fingerprint density at radius 2 is 1.82 bits per heavy atom. The van der Waals surface area contributed by atoms with E-state index in [-0.39, 0.29) is 0 Å². The summed E-state index contributed by atoms with van der Waals surface area (Å²) in [5.74, 6) is 1.59. The molecule has 0 aromatic carbocycles. The average molecular weight is 154 g/mol. The van der Waals surface area contributed by atoms with Crippen LogP contribution in [0.25, 0.3) is 0 Å². The summed E-state index contributed by atoms with van der Waals surface area (Å²) in [6, 6.07) is 0. The van der Waals surface area contributed by atoms with Crippen molar-refractivity contribution in [3.05, 3.63) is 12.2 Å². The van der Waals surface area contributed by atoms with Crippen LogP contribution in [0.3, 0.4) is 0 Å². The highest BCUT2D eigenvalue weighted by molar-refractivity contribution is 4.88. The van der Waals surface area contributed by atoms with Gasteiger partial charge in [0, 0.05) is 0 Å². The average Bonchev–Trinajstić information content (AvgIpc) is 1.97. The lowest BCUT2D eigenvalue weighted by molar-refractivity contribution is 0.452. The molecule has 0 aliphatic heterocycles. The minimum Gasteiger partial charge on any atom is -0.0883 e. The monoisotopic (exact) mass is 154 g/mol. The molecule has 0 saturated carbocycles. The lowest BCUT2D eigenvalue weighted by Gasteiger charge is -2.13. The van der Waals surface area contributed by atoms with Gasteiger partial charge in [0.1, 0.15) is 0 Å². The van der Waals surface area contributed by atoms with E-state index in [1.807, 2.05) is 0 Å². The van der Waals surface area contributed by atoms with Crippen LogP contribution in [0, 0.1) is 11.8 Å². The first kappa shape index (κ1) is 10.7. The van der Waals surface area contributed by atoms with E-state index in [0.29, 0.717) is 0 Å². The van der Waals surface area contributed by atoms with Crippen LogP contribution >= 0.6 is 0 Å². The molecule has 0 aliphatic rings. The van der Waals surface area contributed by atoms with E-state index in [2.05, 4.69) is 39.8 Å². The molecule has 0 saturated heterocycles. The number of hydrogen-bond donors (Lipinski definition) is 0. The van der Waals surface area contributed by atoms with Crippen molar-refractivity contribution in [2.75, 3.05) is 0 Å². The van der Waals surface area contributed by atoms with Crippen molar-refractivity contribution in [2.45, 2.75) is 47.0 Å². The van der Waals surface area contributed by atoms with E-state index in [0.717, 1.165) is 11.8 Å². The normalized spacial score (nSPS) is 14.6. The molecule has 0 heteroatoms. The van der Waals surface area contributed by atoms with Crippen molar-refractivity contribution < 1.29 is 0 Å². The summed E-state index contributed by atoms with van der Waals surface area (Å²) in [5, 5.41) is 0. The molecule has 0 fully saturated rings. The molecule has 66 valence electrons. The lowest BCUT2D eigenvalue weighted by Crippen LogP contribution is -2.03. The van der Waals surface area contributed by atoms with Gasteiger partial charge in [-0.05, 0) is 24.7 Å². The van der Waals surface area contributed by atoms with E-state index in [4.69, 9.17) is 0 Å². The first-order valence-corrected chi connectivity index (χ1v) is 4.89. The van der Waals surface area contributed by atoms with Crippen LogP contribution in [0.1, 0.15) is 47.0 Å². The predicted molar refractivity (Wildman–Crippen MR) is 52.7 cm³/mol. The van der Waals surface area contributed by atoms with Gasteiger partial charge in [0.2, 0.25) is 0 Å². The maximum Gasteiger partial charge on any atom is -0.0213 e. The summed E-state index contributed by atoms with van der Waals surface area (Å²) in [7, 11) is 0. The Morgan fingerprint density at radius 1 is 1.18 bits per heavy atom. The van der Waals surface area contributed by atoms with Crippen molar-refractivity contribution in [2.24, 2.45) is 11.8 Å². The highest BCUT2D eigenvalue weighted by Crippen LogP contribution is 2.16.